The molecule has 0 aliphatic rings. The Bertz CT molecular complexity index is 795. The maximum atomic E-state index is 12.8. The molecule has 0 unspecified atom stereocenters. The normalized spacial score (nSPS) is 10.5. The Morgan fingerprint density at radius 2 is 1.77 bits per heavy atom. The van der Waals surface area contributed by atoms with Crippen LogP contribution in [0.15, 0.2) is 53.1 Å². The van der Waals surface area contributed by atoms with E-state index in [4.69, 9.17) is 4.52 Å². The van der Waals surface area contributed by atoms with Gasteiger partial charge in [-0.15, -0.1) is 0 Å². The third-order valence-corrected chi connectivity index (χ3v) is 3.02. The van der Waals surface area contributed by atoms with Crippen molar-refractivity contribution >= 4 is 11.6 Å². The first-order chi connectivity index (χ1) is 10.6. The van der Waals surface area contributed by atoms with Crippen molar-refractivity contribution in [3.8, 4) is 11.5 Å². The number of anilines is 1. The molecule has 0 radical (unpaired) electrons. The van der Waals surface area contributed by atoms with Gasteiger partial charge in [-0.25, -0.2) is 4.39 Å². The van der Waals surface area contributed by atoms with Gasteiger partial charge < -0.3 is 9.84 Å². The van der Waals surface area contributed by atoms with E-state index >= 15 is 0 Å². The Kier molecular flexibility index (Phi) is 3.65. The van der Waals surface area contributed by atoms with Crippen molar-refractivity contribution in [1.29, 1.82) is 0 Å². The van der Waals surface area contributed by atoms with E-state index in [-0.39, 0.29) is 11.7 Å². The van der Waals surface area contributed by atoms with E-state index in [1.165, 1.54) is 24.3 Å². The zero-order valence-electron chi connectivity index (χ0n) is 11.7. The van der Waals surface area contributed by atoms with Crippen molar-refractivity contribution in [3.63, 3.8) is 0 Å². The van der Waals surface area contributed by atoms with Crippen LogP contribution in [0.5, 0.6) is 0 Å². The summed E-state index contributed by atoms with van der Waals surface area (Å²) in [4.78, 5) is 16.2. The molecule has 0 bridgehead atoms. The number of carbonyl (C=O) groups excluding carboxylic acids is 1. The van der Waals surface area contributed by atoms with Crippen molar-refractivity contribution < 1.29 is 13.7 Å². The zero-order valence-corrected chi connectivity index (χ0v) is 11.7. The lowest BCUT2D eigenvalue weighted by Gasteiger charge is -2.05. The number of rotatable bonds is 3. The van der Waals surface area contributed by atoms with Crippen molar-refractivity contribution in [2.75, 3.05) is 5.32 Å². The molecule has 0 spiro atoms. The third kappa shape index (κ3) is 3.01. The Hall–Kier alpha value is -3.02. The maximum absolute atomic E-state index is 12.8. The molecule has 0 saturated heterocycles. The summed E-state index contributed by atoms with van der Waals surface area (Å²) in [5.41, 5.74) is 1.74. The van der Waals surface area contributed by atoms with Crippen molar-refractivity contribution in [1.82, 2.24) is 10.1 Å². The van der Waals surface area contributed by atoms with E-state index in [0.717, 1.165) is 5.56 Å². The topological polar surface area (TPSA) is 68.0 Å². The molecular weight excluding hydrogens is 285 g/mol. The van der Waals surface area contributed by atoms with E-state index in [0.29, 0.717) is 23.0 Å². The molecule has 5 nitrogen and oxygen atoms in total. The fraction of sp³-hybridized carbons (Fsp3) is 0.0625. The van der Waals surface area contributed by atoms with Gasteiger partial charge in [0.05, 0.1) is 0 Å². The number of carbonyl (C=O) groups is 1. The summed E-state index contributed by atoms with van der Waals surface area (Å²) < 4.78 is 17.9. The van der Waals surface area contributed by atoms with Crippen molar-refractivity contribution in [2.45, 2.75) is 6.92 Å². The number of benzene rings is 2. The van der Waals surface area contributed by atoms with Crippen LogP contribution in [0.1, 0.15) is 16.2 Å². The molecule has 1 aromatic heterocycles. The highest BCUT2D eigenvalue weighted by molar-refractivity contribution is 6.04. The van der Waals surface area contributed by atoms with E-state index in [1.54, 1.807) is 31.2 Å². The van der Waals surface area contributed by atoms with Gasteiger partial charge in [0.15, 0.2) is 5.82 Å². The number of halogens is 1. The summed E-state index contributed by atoms with van der Waals surface area (Å²) in [6, 6.07) is 12.4. The van der Waals surface area contributed by atoms with Gasteiger partial charge in [-0.05, 0) is 55.5 Å². The van der Waals surface area contributed by atoms with Gasteiger partial charge in [0.2, 0.25) is 0 Å². The smallest absolute Gasteiger partial charge is 0.257 e. The van der Waals surface area contributed by atoms with Crippen LogP contribution in [0.25, 0.3) is 11.5 Å². The van der Waals surface area contributed by atoms with E-state index in [2.05, 4.69) is 15.5 Å². The van der Waals surface area contributed by atoms with E-state index < -0.39 is 0 Å². The van der Waals surface area contributed by atoms with Crippen molar-refractivity contribution in [3.05, 3.63) is 65.7 Å². The summed E-state index contributed by atoms with van der Waals surface area (Å²) in [6.45, 7) is 1.73. The van der Waals surface area contributed by atoms with Crippen LogP contribution < -0.4 is 5.32 Å². The molecule has 0 aliphatic carbocycles. The largest absolute Gasteiger partial charge is 0.334 e. The summed E-state index contributed by atoms with van der Waals surface area (Å²) in [5.74, 6) is 0.327. The maximum Gasteiger partial charge on any atom is 0.257 e. The molecule has 3 rings (SSSR count). The van der Waals surface area contributed by atoms with Crippen LogP contribution in [0.3, 0.4) is 0 Å². The SMILES string of the molecule is Cc1noc(-c2ccc(C(=O)Nc3ccc(F)cc3)cc2)n1. The fourth-order valence-corrected chi connectivity index (χ4v) is 1.91. The second-order valence-electron chi connectivity index (χ2n) is 4.69. The summed E-state index contributed by atoms with van der Waals surface area (Å²) >= 11 is 0. The van der Waals surface area contributed by atoms with Gasteiger partial charge in [0.25, 0.3) is 11.8 Å². The molecule has 0 aliphatic heterocycles. The Labute approximate surface area is 125 Å². The molecule has 1 N–H and O–H groups in total. The minimum absolute atomic E-state index is 0.278. The molecule has 1 heterocycles. The van der Waals surface area contributed by atoms with E-state index in [9.17, 15) is 9.18 Å². The Balaban J connectivity index is 1.74. The van der Waals surface area contributed by atoms with Crippen LogP contribution in [-0.4, -0.2) is 16.0 Å². The molecule has 2 aromatic carbocycles. The van der Waals surface area contributed by atoms with Gasteiger partial charge in [0, 0.05) is 16.8 Å². The molecule has 1 amide bonds. The average molecular weight is 297 g/mol. The molecular formula is C16H12FN3O2. The van der Waals surface area contributed by atoms with Gasteiger partial charge in [-0.3, -0.25) is 4.79 Å². The first kappa shape index (κ1) is 13.9. The molecule has 6 heteroatoms. The summed E-state index contributed by atoms with van der Waals surface area (Å²) in [5, 5.41) is 6.41. The highest BCUT2D eigenvalue weighted by atomic mass is 19.1. The minimum atomic E-state index is -0.350. The molecule has 0 saturated carbocycles. The van der Waals surface area contributed by atoms with Crippen LogP contribution in [-0.2, 0) is 0 Å². The van der Waals surface area contributed by atoms with E-state index in [1.807, 2.05) is 0 Å². The number of hydrogen-bond acceptors (Lipinski definition) is 4. The summed E-state index contributed by atoms with van der Waals surface area (Å²) in [7, 11) is 0. The van der Waals surface area contributed by atoms with Crippen molar-refractivity contribution in [2.24, 2.45) is 0 Å². The number of nitrogens with one attached hydrogen (secondary N) is 1. The van der Waals surface area contributed by atoms with Gasteiger partial charge >= 0.3 is 0 Å². The molecule has 0 atom stereocenters. The Morgan fingerprint density at radius 1 is 1.09 bits per heavy atom. The van der Waals surface area contributed by atoms with Gasteiger partial charge in [-0.2, -0.15) is 4.98 Å². The number of amides is 1. The molecule has 3 aromatic rings. The predicted molar refractivity (Wildman–Crippen MR) is 78.8 cm³/mol. The first-order valence-electron chi connectivity index (χ1n) is 6.59. The predicted octanol–water partition coefficient (Wildman–Crippen LogP) is 3.44. The standard InChI is InChI=1S/C16H12FN3O2/c1-10-18-16(22-20-10)12-4-2-11(3-5-12)15(21)19-14-8-6-13(17)7-9-14/h2-9H,1H3,(H,19,21). The molecule has 22 heavy (non-hydrogen) atoms. The van der Waals surface area contributed by atoms with Crippen LogP contribution in [0, 0.1) is 12.7 Å². The second kappa shape index (κ2) is 5.77. The monoisotopic (exact) mass is 297 g/mol. The first-order valence-corrected chi connectivity index (χ1v) is 6.59. The quantitative estimate of drug-likeness (QED) is 0.804. The lowest BCUT2D eigenvalue weighted by atomic mass is 10.1. The summed E-state index contributed by atoms with van der Waals surface area (Å²) in [6.07, 6.45) is 0. The number of nitrogens with zero attached hydrogens (tertiary/aromatic N) is 2. The number of aryl methyl sites for hydroxylation is 1. The average Bonchev–Trinajstić information content (AvgIpc) is 2.96. The molecule has 110 valence electrons. The fourth-order valence-electron chi connectivity index (χ4n) is 1.91. The van der Waals surface area contributed by atoms with Crippen LogP contribution in [0.2, 0.25) is 0 Å². The van der Waals surface area contributed by atoms with Crippen LogP contribution >= 0.6 is 0 Å². The minimum Gasteiger partial charge on any atom is -0.334 e. The van der Waals surface area contributed by atoms with Crippen LogP contribution in [0.4, 0.5) is 10.1 Å². The zero-order chi connectivity index (χ0) is 15.5. The number of aromatic nitrogens is 2. The van der Waals surface area contributed by atoms with Gasteiger partial charge in [-0.1, -0.05) is 5.16 Å². The third-order valence-electron chi connectivity index (χ3n) is 3.02. The molecule has 0 fully saturated rings. The highest BCUT2D eigenvalue weighted by Crippen LogP contribution is 2.18. The van der Waals surface area contributed by atoms with Gasteiger partial charge in [0.1, 0.15) is 5.82 Å². The highest BCUT2D eigenvalue weighted by Gasteiger charge is 2.09. The number of hydrogen-bond donors (Lipinski definition) is 1. The lowest BCUT2D eigenvalue weighted by molar-refractivity contribution is 0.102. The lowest BCUT2D eigenvalue weighted by Crippen LogP contribution is -2.11. The Morgan fingerprint density at radius 3 is 2.36 bits per heavy atom. The second-order valence-corrected chi connectivity index (χ2v) is 4.69.